The Labute approximate surface area is 159 Å². The van der Waals surface area contributed by atoms with E-state index in [2.05, 4.69) is 0 Å². The van der Waals surface area contributed by atoms with Crippen LogP contribution in [-0.2, 0) is 17.8 Å². The first-order chi connectivity index (χ1) is 12.9. The molecule has 27 heavy (non-hydrogen) atoms. The average Bonchev–Trinajstić information content (AvgIpc) is 2.67. The van der Waals surface area contributed by atoms with E-state index < -0.39 is 0 Å². The molecule has 0 heterocycles. The van der Waals surface area contributed by atoms with Crippen LogP contribution in [0.4, 0.5) is 0 Å². The van der Waals surface area contributed by atoms with E-state index in [9.17, 15) is 9.59 Å². The molecule has 0 bridgehead atoms. The molecular weight excluding hydrogens is 346 g/mol. The van der Waals surface area contributed by atoms with Gasteiger partial charge in [-0.25, -0.2) is 0 Å². The average molecular weight is 371 g/mol. The maximum absolute atomic E-state index is 12.7. The van der Waals surface area contributed by atoms with Crippen LogP contribution in [0, 0.1) is 0 Å². The zero-order valence-corrected chi connectivity index (χ0v) is 16.4. The second kappa shape index (κ2) is 9.07. The number of nitrogens with zero attached hydrogens (tertiary/aromatic N) is 1. The summed E-state index contributed by atoms with van der Waals surface area (Å²) in [5, 5.41) is 0. The van der Waals surface area contributed by atoms with E-state index in [1.165, 1.54) is 6.92 Å². The lowest BCUT2D eigenvalue weighted by Crippen LogP contribution is -2.28. The van der Waals surface area contributed by atoms with Crippen molar-refractivity contribution < 1.29 is 23.8 Å². The number of likely N-dealkylation sites (N-methyl/N-ethyl adjacent to an activating group) is 1. The van der Waals surface area contributed by atoms with E-state index in [0.29, 0.717) is 34.9 Å². The molecule has 2 rings (SSSR count). The number of hydrogen-bond donors (Lipinski definition) is 0. The van der Waals surface area contributed by atoms with E-state index in [4.69, 9.17) is 14.2 Å². The van der Waals surface area contributed by atoms with Gasteiger partial charge in [-0.05, 0) is 42.8 Å². The standard InChI is InChI=1S/C21H25NO5/c1-14(23)16-7-9-18(25-3)17(11-16)12-21(24)22(2)13-15-6-8-19(26-4)20(10-15)27-5/h6-11H,12-13H2,1-5H3. The number of benzene rings is 2. The number of carbonyl (C=O) groups is 2. The molecule has 144 valence electrons. The lowest BCUT2D eigenvalue weighted by molar-refractivity contribution is -0.129. The summed E-state index contributed by atoms with van der Waals surface area (Å²) in [6, 6.07) is 10.7. The van der Waals surface area contributed by atoms with Crippen LogP contribution in [0.3, 0.4) is 0 Å². The minimum atomic E-state index is -0.0798. The largest absolute Gasteiger partial charge is 0.496 e. The Morgan fingerprint density at radius 3 is 2.11 bits per heavy atom. The van der Waals surface area contributed by atoms with E-state index >= 15 is 0 Å². The summed E-state index contributed by atoms with van der Waals surface area (Å²) in [6.45, 7) is 1.92. The zero-order valence-electron chi connectivity index (χ0n) is 16.4. The van der Waals surface area contributed by atoms with Crippen LogP contribution >= 0.6 is 0 Å². The summed E-state index contributed by atoms with van der Waals surface area (Å²) in [4.78, 5) is 25.9. The van der Waals surface area contributed by atoms with Crippen molar-refractivity contribution in [2.75, 3.05) is 28.4 Å². The number of ketones is 1. The van der Waals surface area contributed by atoms with Gasteiger partial charge in [0.15, 0.2) is 17.3 Å². The molecule has 0 N–H and O–H groups in total. The van der Waals surface area contributed by atoms with Gasteiger partial charge >= 0.3 is 0 Å². The fraction of sp³-hybridized carbons (Fsp3) is 0.333. The van der Waals surface area contributed by atoms with Gasteiger partial charge in [0.25, 0.3) is 0 Å². The maximum atomic E-state index is 12.7. The van der Waals surface area contributed by atoms with E-state index in [1.807, 2.05) is 18.2 Å². The highest BCUT2D eigenvalue weighted by atomic mass is 16.5. The van der Waals surface area contributed by atoms with Gasteiger partial charge < -0.3 is 19.1 Å². The number of ether oxygens (including phenoxy) is 3. The van der Waals surface area contributed by atoms with Gasteiger partial charge in [0, 0.05) is 24.7 Å². The van der Waals surface area contributed by atoms with Crippen molar-refractivity contribution in [3.63, 3.8) is 0 Å². The summed E-state index contributed by atoms with van der Waals surface area (Å²) in [7, 11) is 6.44. The molecule has 6 heteroatoms. The van der Waals surface area contributed by atoms with Gasteiger partial charge in [-0.15, -0.1) is 0 Å². The van der Waals surface area contributed by atoms with E-state index in [-0.39, 0.29) is 18.1 Å². The molecule has 0 aliphatic carbocycles. The van der Waals surface area contributed by atoms with Crippen molar-refractivity contribution in [1.82, 2.24) is 4.90 Å². The SMILES string of the molecule is COc1ccc(C(C)=O)cc1CC(=O)N(C)Cc1ccc(OC)c(OC)c1. The third-order valence-electron chi connectivity index (χ3n) is 4.32. The molecule has 0 atom stereocenters. The number of carbonyl (C=O) groups excluding carboxylic acids is 2. The van der Waals surface area contributed by atoms with Gasteiger partial charge in [-0.3, -0.25) is 9.59 Å². The molecule has 0 aromatic heterocycles. The van der Waals surface area contributed by atoms with Crippen molar-refractivity contribution in [2.24, 2.45) is 0 Å². The number of Topliss-reactive ketones (excluding diaryl/α,β-unsaturated/α-hetero) is 1. The smallest absolute Gasteiger partial charge is 0.227 e. The molecule has 2 aromatic rings. The maximum Gasteiger partial charge on any atom is 0.227 e. The first kappa shape index (κ1) is 20.3. The van der Waals surface area contributed by atoms with Crippen molar-refractivity contribution in [2.45, 2.75) is 19.9 Å². The Kier molecular flexibility index (Phi) is 6.82. The monoisotopic (exact) mass is 371 g/mol. The first-order valence-corrected chi connectivity index (χ1v) is 8.52. The number of rotatable bonds is 8. The van der Waals surface area contributed by atoms with Crippen LogP contribution in [0.5, 0.6) is 17.2 Å². The normalized spacial score (nSPS) is 10.3. The molecule has 1 amide bonds. The number of hydrogen-bond acceptors (Lipinski definition) is 5. The Balaban J connectivity index is 2.14. The number of methoxy groups -OCH3 is 3. The van der Waals surface area contributed by atoms with Crippen molar-refractivity contribution in [1.29, 1.82) is 0 Å². The summed E-state index contributed by atoms with van der Waals surface area (Å²) in [5.41, 5.74) is 2.17. The van der Waals surface area contributed by atoms with Crippen LogP contribution in [0.15, 0.2) is 36.4 Å². The Morgan fingerprint density at radius 1 is 0.889 bits per heavy atom. The summed E-state index contributed by atoms with van der Waals surface area (Å²) < 4.78 is 15.9. The predicted molar refractivity (Wildman–Crippen MR) is 103 cm³/mol. The van der Waals surface area contributed by atoms with Crippen LogP contribution < -0.4 is 14.2 Å². The molecule has 0 aliphatic heterocycles. The van der Waals surface area contributed by atoms with Gasteiger partial charge in [-0.1, -0.05) is 6.07 Å². The van der Waals surface area contributed by atoms with Gasteiger partial charge in [0.1, 0.15) is 5.75 Å². The summed E-state index contributed by atoms with van der Waals surface area (Å²) >= 11 is 0. The molecule has 6 nitrogen and oxygen atoms in total. The van der Waals surface area contributed by atoms with Crippen LogP contribution in [0.1, 0.15) is 28.4 Å². The lowest BCUT2D eigenvalue weighted by Gasteiger charge is -2.19. The van der Waals surface area contributed by atoms with Crippen molar-refractivity contribution in [3.8, 4) is 17.2 Å². The van der Waals surface area contributed by atoms with E-state index in [0.717, 1.165) is 5.56 Å². The highest BCUT2D eigenvalue weighted by molar-refractivity contribution is 5.94. The van der Waals surface area contributed by atoms with Crippen molar-refractivity contribution >= 4 is 11.7 Å². The Morgan fingerprint density at radius 2 is 1.52 bits per heavy atom. The molecular formula is C21H25NO5. The topological polar surface area (TPSA) is 65.1 Å². The highest BCUT2D eigenvalue weighted by Crippen LogP contribution is 2.28. The summed E-state index contributed by atoms with van der Waals surface area (Å²) in [6.07, 6.45) is 0.147. The highest BCUT2D eigenvalue weighted by Gasteiger charge is 2.16. The van der Waals surface area contributed by atoms with Gasteiger partial charge in [-0.2, -0.15) is 0 Å². The van der Waals surface area contributed by atoms with Crippen molar-refractivity contribution in [3.05, 3.63) is 53.1 Å². The van der Waals surface area contributed by atoms with Crippen LogP contribution in [0.2, 0.25) is 0 Å². The molecule has 0 spiro atoms. The Bertz CT molecular complexity index is 831. The fourth-order valence-corrected chi connectivity index (χ4v) is 2.77. The predicted octanol–water partition coefficient (Wildman–Crippen LogP) is 3.12. The minimum Gasteiger partial charge on any atom is -0.496 e. The quantitative estimate of drug-likeness (QED) is 0.667. The first-order valence-electron chi connectivity index (χ1n) is 8.52. The fourth-order valence-electron chi connectivity index (χ4n) is 2.77. The third-order valence-corrected chi connectivity index (χ3v) is 4.32. The Hall–Kier alpha value is -3.02. The zero-order chi connectivity index (χ0) is 20.0. The molecule has 0 aliphatic rings. The van der Waals surface area contributed by atoms with Gasteiger partial charge in [0.2, 0.25) is 5.91 Å². The summed E-state index contributed by atoms with van der Waals surface area (Å²) in [5.74, 6) is 1.72. The molecule has 0 radical (unpaired) electrons. The van der Waals surface area contributed by atoms with Gasteiger partial charge in [0.05, 0.1) is 27.8 Å². The molecule has 0 saturated carbocycles. The third kappa shape index (κ3) is 5.00. The second-order valence-corrected chi connectivity index (χ2v) is 6.20. The molecule has 0 saturated heterocycles. The minimum absolute atomic E-state index is 0.0509. The molecule has 2 aromatic carbocycles. The van der Waals surface area contributed by atoms with Crippen LogP contribution in [-0.4, -0.2) is 45.0 Å². The molecule has 0 fully saturated rings. The number of amides is 1. The van der Waals surface area contributed by atoms with Crippen LogP contribution in [0.25, 0.3) is 0 Å². The molecule has 0 unspecified atom stereocenters. The lowest BCUT2D eigenvalue weighted by atomic mass is 10.0. The second-order valence-electron chi connectivity index (χ2n) is 6.20. The van der Waals surface area contributed by atoms with E-state index in [1.54, 1.807) is 51.5 Å².